The van der Waals surface area contributed by atoms with Crippen LogP contribution in [0.3, 0.4) is 0 Å². The Labute approximate surface area is 93.7 Å². The van der Waals surface area contributed by atoms with Gasteiger partial charge in [0, 0.05) is 0 Å². The molecule has 6 nitrogen and oxygen atoms in total. The molecule has 14 heavy (non-hydrogen) atoms. The monoisotopic (exact) mass is 216 g/mol. The quantitative estimate of drug-likeness (QED) is 0.183. The fraction of sp³-hybridized carbons (Fsp3) is 0. The molecule has 5 N–H and O–H groups in total. The van der Waals surface area contributed by atoms with Crippen LogP contribution in [-0.2, 0) is 4.57 Å². The van der Waals surface area contributed by atoms with Gasteiger partial charge in [-0.25, -0.2) is 4.57 Å². The van der Waals surface area contributed by atoms with Crippen LogP contribution in [0.2, 0.25) is 0 Å². The maximum atomic E-state index is 8.88. The van der Waals surface area contributed by atoms with Gasteiger partial charge in [0.1, 0.15) is 0 Å². The third-order valence-corrected chi connectivity index (χ3v) is 0.882. The number of benzene rings is 1. The molecule has 0 aromatic heterocycles. The van der Waals surface area contributed by atoms with Crippen LogP contribution < -0.4 is 18.9 Å². The summed E-state index contributed by atoms with van der Waals surface area (Å²) in [4.78, 5) is 21.6. The number of aromatic hydroxyl groups is 2. The predicted octanol–water partition coefficient (Wildman–Crippen LogP) is -2.71. The van der Waals surface area contributed by atoms with Gasteiger partial charge in [0.2, 0.25) is 0 Å². The molecular weight excluding hydrogens is 206 g/mol. The first-order chi connectivity index (χ1) is 5.80. The van der Waals surface area contributed by atoms with Crippen molar-refractivity contribution in [2.45, 2.75) is 0 Å². The van der Waals surface area contributed by atoms with Gasteiger partial charge >= 0.3 is 26.7 Å². The van der Waals surface area contributed by atoms with Crippen LogP contribution >= 0.6 is 7.82 Å². The number of phenols is 2. The second-order valence-electron chi connectivity index (χ2n) is 2.00. The van der Waals surface area contributed by atoms with Crippen molar-refractivity contribution < 1.29 is 49.7 Å². The molecular formula is C6H10LiO6P. The third-order valence-electron chi connectivity index (χ3n) is 0.882. The fourth-order valence-electron chi connectivity index (χ4n) is 0.464. The first-order valence-corrected chi connectivity index (χ1v) is 4.62. The van der Waals surface area contributed by atoms with Crippen molar-refractivity contribution in [3.05, 3.63) is 24.3 Å². The second-order valence-corrected chi connectivity index (χ2v) is 3.03. The summed E-state index contributed by atoms with van der Waals surface area (Å²) in [6.45, 7) is 0. The standard InChI is InChI=1S/C6H6O2.Li.H3O4P.H/c7-5-3-1-2-4-6(5)8;;1-5(2,3)4;/h1-4,7-8H;;(H3,1,2,3,4);/q;+1;;-1. The molecule has 0 fully saturated rings. The van der Waals surface area contributed by atoms with E-state index < -0.39 is 7.82 Å². The van der Waals surface area contributed by atoms with E-state index in [1.54, 1.807) is 12.1 Å². The Hall–Kier alpha value is -0.473. The minimum absolute atomic E-state index is 0. The predicted molar refractivity (Wildman–Crippen MR) is 45.1 cm³/mol. The van der Waals surface area contributed by atoms with Crippen LogP contribution in [0.15, 0.2) is 24.3 Å². The molecule has 0 saturated carbocycles. The van der Waals surface area contributed by atoms with E-state index in [2.05, 4.69) is 0 Å². The van der Waals surface area contributed by atoms with E-state index in [0.29, 0.717) is 0 Å². The molecule has 0 aliphatic heterocycles. The van der Waals surface area contributed by atoms with Gasteiger partial charge in [0.25, 0.3) is 0 Å². The number of phosphoric acid groups is 1. The number of phenolic OH excluding ortho intramolecular Hbond substituents is 2. The zero-order valence-corrected chi connectivity index (χ0v) is 8.30. The molecule has 0 aliphatic carbocycles. The van der Waals surface area contributed by atoms with Gasteiger partial charge in [0.15, 0.2) is 11.5 Å². The fourth-order valence-corrected chi connectivity index (χ4v) is 0.464. The Bertz CT molecular complexity index is 287. The second kappa shape index (κ2) is 6.90. The molecule has 76 valence electrons. The van der Waals surface area contributed by atoms with Gasteiger partial charge in [-0.3, -0.25) is 0 Å². The maximum Gasteiger partial charge on any atom is 1.00 e. The van der Waals surface area contributed by atoms with E-state index in [1.807, 2.05) is 0 Å². The molecule has 0 radical (unpaired) electrons. The van der Waals surface area contributed by atoms with Crippen molar-refractivity contribution in [3.63, 3.8) is 0 Å². The van der Waals surface area contributed by atoms with Crippen molar-refractivity contribution in [1.29, 1.82) is 0 Å². The van der Waals surface area contributed by atoms with E-state index in [1.165, 1.54) is 12.1 Å². The van der Waals surface area contributed by atoms with Crippen molar-refractivity contribution >= 4 is 7.82 Å². The summed E-state index contributed by atoms with van der Waals surface area (Å²) in [6.07, 6.45) is 0. The number of hydrogen-bond acceptors (Lipinski definition) is 3. The summed E-state index contributed by atoms with van der Waals surface area (Å²) in [7, 11) is -4.64. The average Bonchev–Trinajstić information content (AvgIpc) is 1.92. The first kappa shape index (κ1) is 16.0. The van der Waals surface area contributed by atoms with Crippen molar-refractivity contribution in [2.24, 2.45) is 0 Å². The van der Waals surface area contributed by atoms with Crippen molar-refractivity contribution in [3.8, 4) is 11.5 Å². The largest absolute Gasteiger partial charge is 1.00 e. The van der Waals surface area contributed by atoms with Crippen LogP contribution in [0.1, 0.15) is 1.43 Å². The van der Waals surface area contributed by atoms with E-state index in [4.69, 9.17) is 29.5 Å². The Balaban J connectivity index is -0.000000185. The van der Waals surface area contributed by atoms with Gasteiger partial charge in [-0.15, -0.1) is 0 Å². The number of para-hydroxylation sites is 2. The van der Waals surface area contributed by atoms with E-state index in [9.17, 15) is 0 Å². The molecule has 0 heterocycles. The molecule has 0 spiro atoms. The smallest absolute Gasteiger partial charge is 1.00 e. The Morgan fingerprint density at radius 2 is 1.21 bits per heavy atom. The van der Waals surface area contributed by atoms with E-state index in [0.717, 1.165) is 0 Å². The number of rotatable bonds is 0. The molecule has 0 saturated heterocycles. The number of hydrogen-bond donors (Lipinski definition) is 5. The minimum atomic E-state index is -4.64. The summed E-state index contributed by atoms with van der Waals surface area (Å²) in [5.74, 6) is -0.153. The zero-order chi connectivity index (χ0) is 10.5. The Kier molecular flexibility index (Phi) is 7.88. The summed E-state index contributed by atoms with van der Waals surface area (Å²) >= 11 is 0. The van der Waals surface area contributed by atoms with Crippen LogP contribution in [0, 0.1) is 0 Å². The Morgan fingerprint density at radius 3 is 1.36 bits per heavy atom. The molecule has 8 heteroatoms. The molecule has 0 unspecified atom stereocenters. The minimum Gasteiger partial charge on any atom is -1.00 e. The SMILES string of the molecule is O=P(O)(O)O.Oc1ccccc1O.[H-].[Li+]. The van der Waals surface area contributed by atoms with Gasteiger partial charge < -0.3 is 26.3 Å². The summed E-state index contributed by atoms with van der Waals surface area (Å²) in [6, 6.07) is 6.15. The molecule has 0 atom stereocenters. The topological polar surface area (TPSA) is 118 Å². The molecule has 1 aromatic carbocycles. The normalized spacial score (nSPS) is 9.36. The van der Waals surface area contributed by atoms with Gasteiger partial charge in [0.05, 0.1) is 0 Å². The summed E-state index contributed by atoms with van der Waals surface area (Å²) < 4.78 is 8.88. The van der Waals surface area contributed by atoms with Crippen molar-refractivity contribution in [1.82, 2.24) is 0 Å². The summed E-state index contributed by atoms with van der Waals surface area (Å²) in [5, 5.41) is 17.3. The molecule has 0 amide bonds. The molecule has 0 aliphatic rings. The van der Waals surface area contributed by atoms with Gasteiger partial charge in [-0.1, -0.05) is 12.1 Å². The van der Waals surface area contributed by atoms with Gasteiger partial charge in [-0.05, 0) is 12.1 Å². The average molecular weight is 216 g/mol. The first-order valence-electron chi connectivity index (χ1n) is 3.06. The Morgan fingerprint density at radius 1 is 1.00 bits per heavy atom. The molecule has 0 bridgehead atoms. The van der Waals surface area contributed by atoms with E-state index >= 15 is 0 Å². The zero-order valence-electron chi connectivity index (χ0n) is 8.40. The van der Waals surface area contributed by atoms with E-state index in [-0.39, 0.29) is 31.8 Å². The maximum absolute atomic E-state index is 8.88. The van der Waals surface area contributed by atoms with Crippen LogP contribution in [-0.4, -0.2) is 24.9 Å². The third kappa shape index (κ3) is 11.5. The summed E-state index contributed by atoms with van der Waals surface area (Å²) in [5.41, 5.74) is 0. The molecule has 1 aromatic rings. The van der Waals surface area contributed by atoms with Crippen molar-refractivity contribution in [2.75, 3.05) is 0 Å². The van der Waals surface area contributed by atoms with Crippen LogP contribution in [0.5, 0.6) is 11.5 Å². The van der Waals surface area contributed by atoms with Gasteiger partial charge in [-0.2, -0.15) is 0 Å². The van der Waals surface area contributed by atoms with Crippen LogP contribution in [0.4, 0.5) is 0 Å². The van der Waals surface area contributed by atoms with Crippen LogP contribution in [0.25, 0.3) is 0 Å². The molecule has 1 rings (SSSR count).